The van der Waals surface area contributed by atoms with Crippen LogP contribution in [0.4, 0.5) is 0 Å². The van der Waals surface area contributed by atoms with Crippen molar-refractivity contribution in [1.82, 2.24) is 5.06 Å². The van der Waals surface area contributed by atoms with E-state index in [1.807, 2.05) is 19.9 Å². The van der Waals surface area contributed by atoms with E-state index in [1.165, 1.54) is 7.05 Å². The van der Waals surface area contributed by atoms with Crippen molar-refractivity contribution in [3.8, 4) is 0 Å². The zero-order valence-electron chi connectivity index (χ0n) is 9.66. The molecule has 0 unspecified atom stereocenters. The highest BCUT2D eigenvalue weighted by Gasteiger charge is 2.08. The molecule has 3 heteroatoms. The van der Waals surface area contributed by atoms with Gasteiger partial charge in [-0.25, -0.2) is 5.06 Å². The molecular formula is C12H19NO2. The number of rotatable bonds is 5. The molecule has 0 radical (unpaired) electrons. The van der Waals surface area contributed by atoms with Gasteiger partial charge in [-0.15, -0.1) is 0 Å². The fourth-order valence-electron chi connectivity index (χ4n) is 0.876. The van der Waals surface area contributed by atoms with Crippen molar-refractivity contribution < 1.29 is 10.0 Å². The van der Waals surface area contributed by atoms with Crippen LogP contribution in [0.2, 0.25) is 0 Å². The van der Waals surface area contributed by atoms with Crippen LogP contribution in [0.15, 0.2) is 36.5 Å². The normalized spacial score (nSPS) is 11.4. The molecule has 0 aliphatic rings. The molecule has 0 aliphatic carbocycles. The summed E-state index contributed by atoms with van der Waals surface area (Å²) in [6.07, 6.45) is 3.58. The summed E-state index contributed by atoms with van der Waals surface area (Å²) in [7, 11) is 1.31. The minimum atomic E-state index is -0.363. The smallest absolute Gasteiger partial charge is 0.250 e. The number of amides is 1. The number of allylic oxidation sites excluding steroid dienone is 3. The molecule has 15 heavy (non-hydrogen) atoms. The lowest BCUT2D eigenvalue weighted by Crippen LogP contribution is -2.22. The van der Waals surface area contributed by atoms with E-state index in [4.69, 9.17) is 5.21 Å². The van der Waals surface area contributed by atoms with Gasteiger partial charge in [-0.1, -0.05) is 44.7 Å². The van der Waals surface area contributed by atoms with Gasteiger partial charge in [0, 0.05) is 7.05 Å². The summed E-state index contributed by atoms with van der Waals surface area (Å²) in [5, 5.41) is 9.49. The molecule has 1 N–H and O–H groups in total. The number of hydroxylamine groups is 2. The minimum absolute atomic E-state index is 0.141. The highest BCUT2D eigenvalue weighted by molar-refractivity contribution is 5.78. The van der Waals surface area contributed by atoms with Gasteiger partial charge in [0.2, 0.25) is 5.91 Å². The molecule has 0 aliphatic heterocycles. The molecule has 84 valence electrons. The van der Waals surface area contributed by atoms with Gasteiger partial charge >= 0.3 is 0 Å². The topological polar surface area (TPSA) is 40.5 Å². The lowest BCUT2D eigenvalue weighted by molar-refractivity contribution is -0.158. The molecule has 3 nitrogen and oxygen atoms in total. The van der Waals surface area contributed by atoms with Crippen LogP contribution in [0.1, 0.15) is 20.3 Å². The quantitative estimate of drug-likeness (QED) is 0.429. The van der Waals surface area contributed by atoms with Crippen molar-refractivity contribution in [2.75, 3.05) is 7.05 Å². The molecular weight excluding hydrogens is 190 g/mol. The summed E-state index contributed by atoms with van der Waals surface area (Å²) in [5.41, 5.74) is 1.71. The van der Waals surface area contributed by atoms with Crippen LogP contribution in [-0.2, 0) is 4.79 Å². The Morgan fingerprint density at radius 3 is 2.40 bits per heavy atom. The first-order chi connectivity index (χ1) is 6.88. The van der Waals surface area contributed by atoms with E-state index in [9.17, 15) is 4.79 Å². The summed E-state index contributed by atoms with van der Waals surface area (Å²) in [4.78, 5) is 11.2. The van der Waals surface area contributed by atoms with E-state index in [2.05, 4.69) is 13.2 Å². The molecule has 0 aromatic carbocycles. The number of carbonyl (C=O) groups is 1. The second-order valence-corrected chi connectivity index (χ2v) is 3.75. The van der Waals surface area contributed by atoms with Crippen LogP contribution >= 0.6 is 0 Å². The first kappa shape index (κ1) is 13.7. The van der Waals surface area contributed by atoms with E-state index in [1.54, 1.807) is 6.08 Å². The standard InChI is InChI=1S/C12H19NO2/c1-6-11(7-10(4)9(2)3)8-12(14)13(5)15/h6-7,9,15H,1,4,8H2,2-3,5H3/b11-7+. The van der Waals surface area contributed by atoms with Crippen molar-refractivity contribution in [3.63, 3.8) is 0 Å². The molecule has 0 aromatic rings. The van der Waals surface area contributed by atoms with E-state index in [-0.39, 0.29) is 12.3 Å². The number of hydrogen-bond acceptors (Lipinski definition) is 2. The van der Waals surface area contributed by atoms with Gasteiger partial charge in [-0.3, -0.25) is 10.0 Å². The third-order valence-electron chi connectivity index (χ3n) is 2.09. The molecule has 0 bridgehead atoms. The van der Waals surface area contributed by atoms with Gasteiger partial charge in [-0.2, -0.15) is 0 Å². The lowest BCUT2D eigenvalue weighted by atomic mass is 10.0. The van der Waals surface area contributed by atoms with E-state index in [0.29, 0.717) is 11.0 Å². The Kier molecular flexibility index (Phi) is 5.64. The maximum Gasteiger partial charge on any atom is 0.250 e. The number of nitrogens with zero attached hydrogens (tertiary/aromatic N) is 1. The van der Waals surface area contributed by atoms with E-state index >= 15 is 0 Å². The maximum atomic E-state index is 11.2. The van der Waals surface area contributed by atoms with Crippen molar-refractivity contribution >= 4 is 5.91 Å². The Labute approximate surface area is 91.4 Å². The Hall–Kier alpha value is -1.35. The van der Waals surface area contributed by atoms with Crippen LogP contribution in [0, 0.1) is 5.92 Å². The van der Waals surface area contributed by atoms with Crippen molar-refractivity contribution in [2.45, 2.75) is 20.3 Å². The van der Waals surface area contributed by atoms with Gasteiger partial charge in [0.15, 0.2) is 0 Å². The SMILES string of the molecule is C=C/C(=C\C(=C)C(C)C)CC(=O)N(C)O. The number of carbonyl (C=O) groups excluding carboxylic acids is 1. The van der Waals surface area contributed by atoms with Crippen molar-refractivity contribution in [3.05, 3.63) is 36.5 Å². The predicted octanol–water partition coefficient (Wildman–Crippen LogP) is 2.55. The molecule has 0 rings (SSSR count). The van der Waals surface area contributed by atoms with Crippen LogP contribution in [0.3, 0.4) is 0 Å². The van der Waals surface area contributed by atoms with Gasteiger partial charge < -0.3 is 0 Å². The van der Waals surface area contributed by atoms with Crippen molar-refractivity contribution in [1.29, 1.82) is 0 Å². The van der Waals surface area contributed by atoms with E-state index < -0.39 is 0 Å². The Morgan fingerprint density at radius 1 is 1.53 bits per heavy atom. The first-order valence-corrected chi connectivity index (χ1v) is 4.85. The average molecular weight is 209 g/mol. The fourth-order valence-corrected chi connectivity index (χ4v) is 0.876. The third-order valence-corrected chi connectivity index (χ3v) is 2.09. The van der Waals surface area contributed by atoms with Crippen LogP contribution in [0.25, 0.3) is 0 Å². The summed E-state index contributed by atoms with van der Waals surface area (Å²) < 4.78 is 0. The molecule has 1 amide bonds. The minimum Gasteiger partial charge on any atom is -0.286 e. The Bertz CT molecular complexity index is 288. The molecule has 0 saturated carbocycles. The molecule has 0 spiro atoms. The van der Waals surface area contributed by atoms with Crippen molar-refractivity contribution in [2.24, 2.45) is 5.92 Å². The Balaban J connectivity index is 4.57. The van der Waals surface area contributed by atoms with Crippen LogP contribution < -0.4 is 0 Å². The van der Waals surface area contributed by atoms with Gasteiger partial charge in [0.1, 0.15) is 0 Å². The molecule has 0 saturated heterocycles. The molecule has 0 heterocycles. The van der Waals surface area contributed by atoms with Gasteiger partial charge in [-0.05, 0) is 11.5 Å². The molecule has 0 fully saturated rings. The summed E-state index contributed by atoms with van der Waals surface area (Å²) in [5.74, 6) is -0.0281. The fraction of sp³-hybridized carbons (Fsp3) is 0.417. The summed E-state index contributed by atoms with van der Waals surface area (Å²) in [6, 6.07) is 0. The maximum absolute atomic E-state index is 11.2. The Morgan fingerprint density at radius 2 is 2.07 bits per heavy atom. The highest BCUT2D eigenvalue weighted by Crippen LogP contribution is 2.14. The first-order valence-electron chi connectivity index (χ1n) is 4.85. The second-order valence-electron chi connectivity index (χ2n) is 3.75. The predicted molar refractivity (Wildman–Crippen MR) is 61.4 cm³/mol. The van der Waals surface area contributed by atoms with Crippen LogP contribution in [0.5, 0.6) is 0 Å². The molecule has 0 aromatic heterocycles. The highest BCUT2D eigenvalue weighted by atomic mass is 16.5. The monoisotopic (exact) mass is 209 g/mol. The zero-order valence-corrected chi connectivity index (χ0v) is 9.66. The third kappa shape index (κ3) is 5.18. The second kappa shape index (κ2) is 6.19. The van der Waals surface area contributed by atoms with E-state index in [0.717, 1.165) is 11.1 Å². The lowest BCUT2D eigenvalue weighted by Gasteiger charge is -2.10. The largest absolute Gasteiger partial charge is 0.286 e. The molecule has 0 atom stereocenters. The van der Waals surface area contributed by atoms with Crippen LogP contribution in [-0.4, -0.2) is 23.2 Å². The summed E-state index contributed by atoms with van der Waals surface area (Å²) >= 11 is 0. The average Bonchev–Trinajstić information content (AvgIpc) is 2.15. The zero-order chi connectivity index (χ0) is 12.0. The van der Waals surface area contributed by atoms with Gasteiger partial charge in [0.05, 0.1) is 6.42 Å². The van der Waals surface area contributed by atoms with Gasteiger partial charge in [0.25, 0.3) is 0 Å². The summed E-state index contributed by atoms with van der Waals surface area (Å²) in [6.45, 7) is 11.6. The number of hydrogen-bond donors (Lipinski definition) is 1.